The molecule has 0 bridgehead atoms. The number of hydrogen-bond donors (Lipinski definition) is 0. The molecule has 0 spiro atoms. The summed E-state index contributed by atoms with van der Waals surface area (Å²) in [6.45, 7) is 0. The Morgan fingerprint density at radius 1 is 1.18 bits per heavy atom. The molecule has 0 radical (unpaired) electrons. The lowest BCUT2D eigenvalue weighted by Crippen LogP contribution is -2.28. The van der Waals surface area contributed by atoms with Gasteiger partial charge in [0, 0.05) is 20.0 Å². The molecule has 0 aromatic heterocycles. The summed E-state index contributed by atoms with van der Waals surface area (Å²) in [5.74, 6) is 2.55. The van der Waals surface area contributed by atoms with E-state index in [0.29, 0.717) is 11.8 Å². The van der Waals surface area contributed by atoms with Gasteiger partial charge in [0.05, 0.1) is 0 Å². The SMILES string of the molecule is CN(C)C(=O)C1CC2CC2C1. The Hall–Kier alpha value is -0.530. The highest BCUT2D eigenvalue weighted by atomic mass is 16.2. The Labute approximate surface area is 67.6 Å². The molecule has 2 nitrogen and oxygen atoms in total. The van der Waals surface area contributed by atoms with Crippen LogP contribution in [0.15, 0.2) is 0 Å². The van der Waals surface area contributed by atoms with Crippen molar-refractivity contribution < 1.29 is 4.79 Å². The van der Waals surface area contributed by atoms with Crippen LogP contribution in [-0.4, -0.2) is 24.9 Å². The average molecular weight is 153 g/mol. The van der Waals surface area contributed by atoms with Crippen molar-refractivity contribution in [2.45, 2.75) is 19.3 Å². The number of nitrogens with zero attached hydrogens (tertiary/aromatic N) is 1. The summed E-state index contributed by atoms with van der Waals surface area (Å²) >= 11 is 0. The van der Waals surface area contributed by atoms with Gasteiger partial charge in [-0.1, -0.05) is 0 Å². The lowest BCUT2D eigenvalue weighted by Gasteiger charge is -2.16. The molecule has 2 saturated carbocycles. The molecule has 11 heavy (non-hydrogen) atoms. The van der Waals surface area contributed by atoms with E-state index in [9.17, 15) is 4.79 Å². The van der Waals surface area contributed by atoms with Crippen LogP contribution in [0, 0.1) is 17.8 Å². The highest BCUT2D eigenvalue weighted by molar-refractivity contribution is 5.78. The van der Waals surface area contributed by atoms with Gasteiger partial charge in [-0.15, -0.1) is 0 Å². The van der Waals surface area contributed by atoms with E-state index >= 15 is 0 Å². The maximum atomic E-state index is 11.4. The number of carbonyl (C=O) groups is 1. The summed E-state index contributed by atoms with van der Waals surface area (Å²) in [4.78, 5) is 13.2. The van der Waals surface area contributed by atoms with Crippen LogP contribution in [-0.2, 0) is 4.79 Å². The molecule has 2 atom stereocenters. The highest BCUT2D eigenvalue weighted by Gasteiger charge is 2.48. The van der Waals surface area contributed by atoms with Gasteiger partial charge in [-0.05, 0) is 31.1 Å². The molecule has 0 aromatic carbocycles. The first-order chi connectivity index (χ1) is 5.18. The summed E-state index contributed by atoms with van der Waals surface area (Å²) in [5, 5.41) is 0. The van der Waals surface area contributed by atoms with Gasteiger partial charge in [-0.25, -0.2) is 0 Å². The molecule has 2 aliphatic rings. The van der Waals surface area contributed by atoms with E-state index in [-0.39, 0.29) is 0 Å². The molecule has 0 heterocycles. The molecule has 2 unspecified atom stereocenters. The molecular weight excluding hydrogens is 138 g/mol. The molecule has 0 aliphatic heterocycles. The zero-order chi connectivity index (χ0) is 8.01. The lowest BCUT2D eigenvalue weighted by atomic mass is 10.0. The fourth-order valence-electron chi connectivity index (χ4n) is 2.28. The molecule has 0 aromatic rings. The van der Waals surface area contributed by atoms with Crippen molar-refractivity contribution in [2.75, 3.05) is 14.1 Å². The zero-order valence-corrected chi connectivity index (χ0v) is 7.21. The predicted molar refractivity (Wildman–Crippen MR) is 43.0 cm³/mol. The molecule has 62 valence electrons. The summed E-state index contributed by atoms with van der Waals surface area (Å²) < 4.78 is 0. The molecule has 0 saturated heterocycles. The van der Waals surface area contributed by atoms with Crippen LogP contribution in [0.4, 0.5) is 0 Å². The number of amides is 1. The number of fused-ring (bicyclic) bond motifs is 1. The van der Waals surface area contributed by atoms with Crippen LogP contribution in [0.3, 0.4) is 0 Å². The van der Waals surface area contributed by atoms with E-state index in [0.717, 1.165) is 11.8 Å². The average Bonchev–Trinajstić information content (AvgIpc) is 2.57. The van der Waals surface area contributed by atoms with Gasteiger partial charge >= 0.3 is 0 Å². The first-order valence-electron chi connectivity index (χ1n) is 4.39. The van der Waals surface area contributed by atoms with Gasteiger partial charge in [0.2, 0.25) is 5.91 Å². The Balaban J connectivity index is 1.92. The maximum absolute atomic E-state index is 11.4. The smallest absolute Gasteiger partial charge is 0.225 e. The second kappa shape index (κ2) is 2.23. The molecular formula is C9H15NO. The maximum Gasteiger partial charge on any atom is 0.225 e. The van der Waals surface area contributed by atoms with Crippen LogP contribution in [0.2, 0.25) is 0 Å². The Kier molecular flexibility index (Phi) is 1.44. The fraction of sp³-hybridized carbons (Fsp3) is 0.889. The number of hydrogen-bond acceptors (Lipinski definition) is 1. The molecule has 2 heteroatoms. The van der Waals surface area contributed by atoms with Crippen molar-refractivity contribution in [3.05, 3.63) is 0 Å². The highest BCUT2D eigenvalue weighted by Crippen LogP contribution is 2.54. The minimum atomic E-state index is 0.345. The first kappa shape index (κ1) is 7.14. The summed E-state index contributed by atoms with van der Waals surface area (Å²) in [6, 6.07) is 0. The van der Waals surface area contributed by atoms with Crippen molar-refractivity contribution in [3.8, 4) is 0 Å². The van der Waals surface area contributed by atoms with E-state index in [1.165, 1.54) is 19.3 Å². The standard InChI is InChI=1S/C9H15NO/c1-10(2)9(11)8-4-6-3-7(6)5-8/h6-8H,3-5H2,1-2H3. The van der Waals surface area contributed by atoms with Crippen molar-refractivity contribution in [2.24, 2.45) is 17.8 Å². The van der Waals surface area contributed by atoms with E-state index in [2.05, 4.69) is 0 Å². The Morgan fingerprint density at radius 2 is 1.73 bits per heavy atom. The van der Waals surface area contributed by atoms with Crippen molar-refractivity contribution in [3.63, 3.8) is 0 Å². The normalized spacial score (nSPS) is 40.0. The summed E-state index contributed by atoms with van der Waals surface area (Å²) in [5.41, 5.74) is 0. The van der Waals surface area contributed by atoms with Gasteiger partial charge < -0.3 is 4.90 Å². The van der Waals surface area contributed by atoms with Crippen LogP contribution in [0.25, 0.3) is 0 Å². The lowest BCUT2D eigenvalue weighted by molar-refractivity contribution is -0.133. The Morgan fingerprint density at radius 3 is 2.18 bits per heavy atom. The van der Waals surface area contributed by atoms with Crippen molar-refractivity contribution >= 4 is 5.91 Å². The van der Waals surface area contributed by atoms with Crippen LogP contribution < -0.4 is 0 Å². The van der Waals surface area contributed by atoms with Crippen molar-refractivity contribution in [1.82, 2.24) is 4.90 Å². The Bertz CT molecular complexity index is 178. The summed E-state index contributed by atoms with van der Waals surface area (Å²) in [7, 11) is 3.71. The minimum absolute atomic E-state index is 0.345. The first-order valence-corrected chi connectivity index (χ1v) is 4.39. The van der Waals surface area contributed by atoms with Crippen LogP contribution in [0.1, 0.15) is 19.3 Å². The monoisotopic (exact) mass is 153 g/mol. The number of carbonyl (C=O) groups excluding carboxylic acids is 1. The second-order valence-electron chi connectivity index (χ2n) is 4.16. The quantitative estimate of drug-likeness (QED) is 0.553. The van der Waals surface area contributed by atoms with E-state index in [4.69, 9.17) is 0 Å². The fourth-order valence-corrected chi connectivity index (χ4v) is 2.28. The van der Waals surface area contributed by atoms with Crippen LogP contribution in [0.5, 0.6) is 0 Å². The molecule has 2 fully saturated rings. The molecule has 2 aliphatic carbocycles. The summed E-state index contributed by atoms with van der Waals surface area (Å²) in [6.07, 6.45) is 3.74. The third-order valence-electron chi connectivity index (χ3n) is 3.03. The van der Waals surface area contributed by atoms with Crippen LogP contribution >= 0.6 is 0 Å². The largest absolute Gasteiger partial charge is 0.349 e. The van der Waals surface area contributed by atoms with Gasteiger partial charge in [-0.2, -0.15) is 0 Å². The van der Waals surface area contributed by atoms with Crippen molar-refractivity contribution in [1.29, 1.82) is 0 Å². The van der Waals surface area contributed by atoms with E-state index < -0.39 is 0 Å². The van der Waals surface area contributed by atoms with Gasteiger partial charge in [0.15, 0.2) is 0 Å². The third-order valence-corrected chi connectivity index (χ3v) is 3.03. The van der Waals surface area contributed by atoms with Gasteiger partial charge in [0.25, 0.3) is 0 Å². The number of rotatable bonds is 1. The third kappa shape index (κ3) is 1.15. The van der Waals surface area contributed by atoms with Gasteiger partial charge in [-0.3, -0.25) is 4.79 Å². The second-order valence-corrected chi connectivity index (χ2v) is 4.16. The van der Waals surface area contributed by atoms with Gasteiger partial charge in [0.1, 0.15) is 0 Å². The molecule has 2 rings (SSSR count). The molecule has 1 amide bonds. The topological polar surface area (TPSA) is 20.3 Å². The van der Waals surface area contributed by atoms with E-state index in [1.807, 2.05) is 14.1 Å². The zero-order valence-electron chi connectivity index (χ0n) is 7.21. The minimum Gasteiger partial charge on any atom is -0.349 e. The van der Waals surface area contributed by atoms with E-state index in [1.54, 1.807) is 4.90 Å². The molecule has 0 N–H and O–H groups in total. The predicted octanol–water partition coefficient (Wildman–Crippen LogP) is 1.12.